The molecule has 0 fully saturated rings. The number of halogens is 1. The van der Waals surface area contributed by atoms with Crippen molar-refractivity contribution in [2.45, 2.75) is 19.4 Å². The summed E-state index contributed by atoms with van der Waals surface area (Å²) >= 11 is 0. The van der Waals surface area contributed by atoms with Gasteiger partial charge in [0.15, 0.2) is 0 Å². The van der Waals surface area contributed by atoms with E-state index >= 15 is 0 Å². The van der Waals surface area contributed by atoms with E-state index in [1.807, 2.05) is 6.07 Å². The molecule has 0 saturated heterocycles. The number of amides is 1. The third-order valence-electron chi connectivity index (χ3n) is 3.39. The van der Waals surface area contributed by atoms with Gasteiger partial charge in [-0.1, -0.05) is 36.4 Å². The molecule has 0 aliphatic carbocycles. The number of phenolic OH excluding ortho intramolecular Hbond substituents is 1. The Hall–Kier alpha value is -2.36. The van der Waals surface area contributed by atoms with Gasteiger partial charge < -0.3 is 10.0 Å². The van der Waals surface area contributed by atoms with Crippen molar-refractivity contribution in [1.82, 2.24) is 4.90 Å². The zero-order valence-corrected chi connectivity index (χ0v) is 11.9. The topological polar surface area (TPSA) is 40.5 Å². The minimum Gasteiger partial charge on any atom is -0.508 e. The van der Waals surface area contributed by atoms with Crippen LogP contribution < -0.4 is 0 Å². The van der Waals surface area contributed by atoms with Crippen LogP contribution in [0.5, 0.6) is 5.75 Å². The molecule has 0 aliphatic rings. The maximum atomic E-state index is 13.5. The minimum absolute atomic E-state index is 0.0819. The lowest BCUT2D eigenvalue weighted by molar-refractivity contribution is -0.130. The number of aromatic hydroxyl groups is 1. The Morgan fingerprint density at radius 2 is 1.71 bits per heavy atom. The summed E-state index contributed by atoms with van der Waals surface area (Å²) in [5, 5.41) is 9.66. The Kier molecular flexibility index (Phi) is 4.93. The van der Waals surface area contributed by atoms with Crippen LogP contribution in [0.1, 0.15) is 17.5 Å². The van der Waals surface area contributed by atoms with E-state index in [1.165, 1.54) is 11.0 Å². The number of benzene rings is 2. The molecule has 0 heterocycles. The smallest absolute Gasteiger partial charge is 0.222 e. The van der Waals surface area contributed by atoms with Gasteiger partial charge in [0.2, 0.25) is 5.91 Å². The molecule has 2 aromatic rings. The molecule has 2 rings (SSSR count). The molecule has 4 heteroatoms. The molecule has 1 N–H and O–H groups in total. The Labute approximate surface area is 123 Å². The molecule has 2 aromatic carbocycles. The fourth-order valence-electron chi connectivity index (χ4n) is 2.13. The fraction of sp³-hybridized carbons (Fsp3) is 0.235. The Morgan fingerprint density at radius 3 is 2.38 bits per heavy atom. The van der Waals surface area contributed by atoms with Crippen LogP contribution in [0.2, 0.25) is 0 Å². The maximum absolute atomic E-state index is 13.5. The van der Waals surface area contributed by atoms with E-state index in [1.54, 1.807) is 43.4 Å². The molecule has 21 heavy (non-hydrogen) atoms. The molecule has 1 amide bonds. The Balaban J connectivity index is 1.91. The molecule has 0 radical (unpaired) electrons. The summed E-state index contributed by atoms with van der Waals surface area (Å²) in [6.07, 6.45) is 0.746. The second-order valence-corrected chi connectivity index (χ2v) is 4.97. The van der Waals surface area contributed by atoms with E-state index in [4.69, 9.17) is 0 Å². The van der Waals surface area contributed by atoms with Crippen molar-refractivity contribution in [2.75, 3.05) is 7.05 Å². The molecule has 0 bridgehead atoms. The third-order valence-corrected chi connectivity index (χ3v) is 3.39. The lowest BCUT2D eigenvalue weighted by atomic mass is 10.1. The summed E-state index contributed by atoms with van der Waals surface area (Å²) in [6, 6.07) is 13.4. The summed E-state index contributed by atoms with van der Waals surface area (Å²) in [5.41, 5.74) is 1.24. The molecule has 0 unspecified atom stereocenters. The van der Waals surface area contributed by atoms with Crippen molar-refractivity contribution >= 4 is 5.91 Å². The van der Waals surface area contributed by atoms with Crippen LogP contribution in [0.15, 0.2) is 48.5 Å². The molecule has 110 valence electrons. The first-order chi connectivity index (χ1) is 10.1. The maximum Gasteiger partial charge on any atom is 0.222 e. The van der Waals surface area contributed by atoms with E-state index < -0.39 is 0 Å². The fourth-order valence-corrected chi connectivity index (χ4v) is 2.13. The van der Waals surface area contributed by atoms with Crippen molar-refractivity contribution in [3.63, 3.8) is 0 Å². The molecule has 0 aromatic heterocycles. The molecule has 0 aliphatic heterocycles. The number of hydrogen-bond acceptors (Lipinski definition) is 2. The summed E-state index contributed by atoms with van der Waals surface area (Å²) in [5.74, 6) is -0.193. The number of carbonyl (C=O) groups is 1. The number of rotatable bonds is 5. The van der Waals surface area contributed by atoms with Gasteiger partial charge in [-0.3, -0.25) is 4.79 Å². The van der Waals surface area contributed by atoms with Gasteiger partial charge in [0.05, 0.1) is 0 Å². The summed E-state index contributed by atoms with van der Waals surface area (Å²) in [7, 11) is 1.65. The lowest BCUT2D eigenvalue weighted by Crippen LogP contribution is -2.26. The third kappa shape index (κ3) is 4.05. The van der Waals surface area contributed by atoms with Gasteiger partial charge in [0, 0.05) is 25.6 Å². The molecule has 3 nitrogen and oxygen atoms in total. The van der Waals surface area contributed by atoms with Gasteiger partial charge in [0.1, 0.15) is 11.6 Å². The first kappa shape index (κ1) is 15.0. The highest BCUT2D eigenvalue weighted by Gasteiger charge is 2.12. The number of nitrogens with zero attached hydrogens (tertiary/aromatic N) is 1. The molecular weight excluding hydrogens is 269 g/mol. The van der Waals surface area contributed by atoms with E-state index in [-0.39, 0.29) is 30.4 Å². The molecule has 0 atom stereocenters. The van der Waals surface area contributed by atoms with Crippen molar-refractivity contribution in [2.24, 2.45) is 0 Å². The quantitative estimate of drug-likeness (QED) is 0.918. The first-order valence-electron chi connectivity index (χ1n) is 6.82. The number of hydrogen-bond donors (Lipinski definition) is 1. The van der Waals surface area contributed by atoms with Crippen LogP contribution in [0.4, 0.5) is 4.39 Å². The van der Waals surface area contributed by atoms with Crippen molar-refractivity contribution in [1.29, 1.82) is 0 Å². The molecule has 0 saturated carbocycles. The molecular formula is C17H18FNO2. The van der Waals surface area contributed by atoms with Crippen LogP contribution in [0.3, 0.4) is 0 Å². The van der Waals surface area contributed by atoms with Crippen LogP contribution in [0.25, 0.3) is 0 Å². The van der Waals surface area contributed by atoms with Crippen LogP contribution in [-0.2, 0) is 17.8 Å². The average Bonchev–Trinajstić information content (AvgIpc) is 2.48. The normalized spacial score (nSPS) is 10.4. The lowest BCUT2D eigenvalue weighted by Gasteiger charge is -2.17. The van der Waals surface area contributed by atoms with Crippen LogP contribution in [-0.4, -0.2) is 23.0 Å². The van der Waals surface area contributed by atoms with Gasteiger partial charge >= 0.3 is 0 Å². The van der Waals surface area contributed by atoms with E-state index in [2.05, 4.69) is 0 Å². The standard InChI is InChI=1S/C17H18FNO2/c1-19(12-14-7-2-4-8-15(14)18)17(21)11-10-13-6-3-5-9-16(13)20/h2-9,20H,10-12H2,1H3. The highest BCUT2D eigenvalue weighted by Crippen LogP contribution is 2.18. The first-order valence-corrected chi connectivity index (χ1v) is 6.82. The average molecular weight is 287 g/mol. The van der Waals surface area contributed by atoms with Gasteiger partial charge in [0.25, 0.3) is 0 Å². The number of phenols is 1. The number of para-hydroxylation sites is 1. The van der Waals surface area contributed by atoms with E-state index in [9.17, 15) is 14.3 Å². The second-order valence-electron chi connectivity index (χ2n) is 4.97. The second kappa shape index (κ2) is 6.88. The van der Waals surface area contributed by atoms with Gasteiger partial charge in [-0.05, 0) is 24.1 Å². The number of aryl methyl sites for hydroxylation is 1. The highest BCUT2D eigenvalue weighted by atomic mass is 19.1. The van der Waals surface area contributed by atoms with Crippen molar-refractivity contribution in [3.05, 3.63) is 65.5 Å². The molecule has 0 spiro atoms. The number of carbonyl (C=O) groups excluding carboxylic acids is 1. The van der Waals surface area contributed by atoms with Crippen LogP contribution >= 0.6 is 0 Å². The predicted octanol–water partition coefficient (Wildman–Crippen LogP) is 3.12. The zero-order valence-electron chi connectivity index (χ0n) is 11.9. The van der Waals surface area contributed by atoms with Gasteiger partial charge in [-0.2, -0.15) is 0 Å². The monoisotopic (exact) mass is 287 g/mol. The van der Waals surface area contributed by atoms with E-state index in [0.29, 0.717) is 12.0 Å². The summed E-state index contributed by atoms with van der Waals surface area (Å²) in [6.45, 7) is 0.242. The Bertz CT molecular complexity index is 628. The predicted molar refractivity (Wildman–Crippen MR) is 79.3 cm³/mol. The zero-order chi connectivity index (χ0) is 15.2. The minimum atomic E-state index is -0.308. The summed E-state index contributed by atoms with van der Waals surface area (Å²) in [4.78, 5) is 13.6. The summed E-state index contributed by atoms with van der Waals surface area (Å²) < 4.78 is 13.5. The van der Waals surface area contributed by atoms with Crippen LogP contribution in [0, 0.1) is 5.82 Å². The van der Waals surface area contributed by atoms with Crippen molar-refractivity contribution in [3.8, 4) is 5.75 Å². The van der Waals surface area contributed by atoms with Crippen molar-refractivity contribution < 1.29 is 14.3 Å². The van der Waals surface area contributed by atoms with Gasteiger partial charge in [-0.25, -0.2) is 4.39 Å². The van der Waals surface area contributed by atoms with Gasteiger partial charge in [-0.15, -0.1) is 0 Å². The highest BCUT2D eigenvalue weighted by molar-refractivity contribution is 5.76. The largest absolute Gasteiger partial charge is 0.508 e. The van der Waals surface area contributed by atoms with E-state index in [0.717, 1.165) is 5.56 Å². The SMILES string of the molecule is CN(Cc1ccccc1F)C(=O)CCc1ccccc1O. The Morgan fingerprint density at radius 1 is 1.10 bits per heavy atom.